The molecule has 0 fully saturated rings. The van der Waals surface area contributed by atoms with E-state index in [-0.39, 0.29) is 28.4 Å². The van der Waals surface area contributed by atoms with Gasteiger partial charge in [0.15, 0.2) is 0 Å². The lowest BCUT2D eigenvalue weighted by Crippen LogP contribution is -2.23. The van der Waals surface area contributed by atoms with Gasteiger partial charge in [-0.05, 0) is 17.0 Å². The number of halogens is 1. The van der Waals surface area contributed by atoms with Gasteiger partial charge in [0.1, 0.15) is 5.69 Å². The SMILES string of the molecule is CC(C)(C)c1cc(Cl)c(NCC(O)CO)c([N+](=O)[O-])c1. The first-order chi connectivity index (χ1) is 9.16. The number of hydrogen-bond donors (Lipinski definition) is 3. The molecule has 112 valence electrons. The topological polar surface area (TPSA) is 95.6 Å². The van der Waals surface area contributed by atoms with E-state index in [1.807, 2.05) is 20.8 Å². The summed E-state index contributed by atoms with van der Waals surface area (Å²) in [6, 6.07) is 3.14. The summed E-state index contributed by atoms with van der Waals surface area (Å²) in [5, 5.41) is 32.1. The van der Waals surface area contributed by atoms with E-state index in [1.54, 1.807) is 6.07 Å². The summed E-state index contributed by atoms with van der Waals surface area (Å²) < 4.78 is 0. The van der Waals surface area contributed by atoms with Crippen LogP contribution in [0, 0.1) is 10.1 Å². The summed E-state index contributed by atoms with van der Waals surface area (Å²) in [5.41, 5.74) is 0.490. The molecule has 6 nitrogen and oxygen atoms in total. The molecule has 0 heterocycles. The second-order valence-electron chi connectivity index (χ2n) is 5.58. The van der Waals surface area contributed by atoms with E-state index in [1.165, 1.54) is 6.07 Å². The van der Waals surface area contributed by atoms with Gasteiger partial charge in [0.05, 0.1) is 22.7 Å². The van der Waals surface area contributed by atoms with Crippen LogP contribution in [-0.4, -0.2) is 34.4 Å². The van der Waals surface area contributed by atoms with Crippen LogP contribution in [0.25, 0.3) is 0 Å². The molecule has 20 heavy (non-hydrogen) atoms. The molecule has 0 amide bonds. The van der Waals surface area contributed by atoms with Crippen molar-refractivity contribution in [2.75, 3.05) is 18.5 Å². The standard InChI is InChI=1S/C13H19ClN2O4/c1-13(2,3)8-4-10(14)12(11(5-8)16(19)20)15-6-9(18)7-17/h4-5,9,15,17-18H,6-7H2,1-3H3. The maximum Gasteiger partial charge on any atom is 0.294 e. The van der Waals surface area contributed by atoms with E-state index in [0.29, 0.717) is 0 Å². The molecule has 0 saturated heterocycles. The fraction of sp³-hybridized carbons (Fsp3) is 0.538. The number of nitro groups is 1. The molecule has 0 aliphatic rings. The van der Waals surface area contributed by atoms with Crippen LogP contribution in [-0.2, 0) is 5.41 Å². The van der Waals surface area contributed by atoms with Crippen LogP contribution in [0.3, 0.4) is 0 Å². The molecule has 1 aromatic rings. The summed E-state index contributed by atoms with van der Waals surface area (Å²) in [6.45, 7) is 5.35. The van der Waals surface area contributed by atoms with Crippen molar-refractivity contribution >= 4 is 23.0 Å². The van der Waals surface area contributed by atoms with Crippen LogP contribution in [0.2, 0.25) is 5.02 Å². The predicted molar refractivity (Wildman–Crippen MR) is 78.4 cm³/mol. The molecule has 0 saturated carbocycles. The van der Waals surface area contributed by atoms with Crippen molar-refractivity contribution in [3.8, 4) is 0 Å². The Morgan fingerprint density at radius 1 is 1.45 bits per heavy atom. The molecule has 0 aliphatic carbocycles. The Hall–Kier alpha value is -1.37. The minimum absolute atomic E-state index is 0.0219. The highest BCUT2D eigenvalue weighted by Gasteiger charge is 2.24. The number of hydrogen-bond acceptors (Lipinski definition) is 5. The fourth-order valence-corrected chi connectivity index (χ4v) is 1.91. The van der Waals surface area contributed by atoms with E-state index < -0.39 is 17.6 Å². The van der Waals surface area contributed by atoms with Crippen molar-refractivity contribution in [1.82, 2.24) is 0 Å². The summed E-state index contributed by atoms with van der Waals surface area (Å²) >= 11 is 6.10. The second kappa shape index (κ2) is 6.39. The Morgan fingerprint density at radius 2 is 2.05 bits per heavy atom. The van der Waals surface area contributed by atoms with Crippen LogP contribution in [0.15, 0.2) is 12.1 Å². The van der Waals surface area contributed by atoms with Gasteiger partial charge < -0.3 is 15.5 Å². The minimum Gasteiger partial charge on any atom is -0.394 e. The molecular formula is C13H19ClN2O4. The van der Waals surface area contributed by atoms with Gasteiger partial charge in [-0.1, -0.05) is 32.4 Å². The molecule has 1 atom stereocenters. The van der Waals surface area contributed by atoms with Crippen LogP contribution in [0.5, 0.6) is 0 Å². The predicted octanol–water partition coefficient (Wildman–Crippen LogP) is 2.31. The third-order valence-corrected chi connectivity index (χ3v) is 3.16. The van der Waals surface area contributed by atoms with Crippen LogP contribution in [0.1, 0.15) is 26.3 Å². The van der Waals surface area contributed by atoms with Gasteiger partial charge in [0.25, 0.3) is 5.69 Å². The molecule has 1 unspecified atom stereocenters. The highest BCUT2D eigenvalue weighted by atomic mass is 35.5. The number of aliphatic hydroxyl groups is 2. The lowest BCUT2D eigenvalue weighted by molar-refractivity contribution is -0.384. The Balaban J connectivity index is 3.20. The molecule has 1 rings (SSSR count). The summed E-state index contributed by atoms with van der Waals surface area (Å²) in [6.07, 6.45) is -1.01. The third kappa shape index (κ3) is 4.06. The molecule has 0 radical (unpaired) electrons. The molecule has 0 spiro atoms. The van der Waals surface area contributed by atoms with Gasteiger partial charge in [0.2, 0.25) is 0 Å². The van der Waals surface area contributed by atoms with Crippen molar-refractivity contribution in [2.24, 2.45) is 0 Å². The molecule has 3 N–H and O–H groups in total. The first kappa shape index (κ1) is 16.7. The van der Waals surface area contributed by atoms with Crippen molar-refractivity contribution in [3.63, 3.8) is 0 Å². The van der Waals surface area contributed by atoms with Crippen LogP contribution in [0.4, 0.5) is 11.4 Å². The van der Waals surface area contributed by atoms with E-state index in [4.69, 9.17) is 16.7 Å². The zero-order valence-corrected chi connectivity index (χ0v) is 12.4. The van der Waals surface area contributed by atoms with E-state index in [2.05, 4.69) is 5.32 Å². The third-order valence-electron chi connectivity index (χ3n) is 2.86. The number of anilines is 1. The Kier molecular flexibility index (Phi) is 5.33. The molecule has 1 aromatic carbocycles. The number of nitrogens with one attached hydrogen (secondary N) is 1. The van der Waals surface area contributed by atoms with Crippen LogP contribution < -0.4 is 5.32 Å². The molecule has 7 heteroatoms. The number of aliphatic hydroxyl groups excluding tert-OH is 2. The summed E-state index contributed by atoms with van der Waals surface area (Å²) in [4.78, 5) is 10.6. The number of benzene rings is 1. The maximum atomic E-state index is 11.2. The van der Waals surface area contributed by atoms with Crippen molar-refractivity contribution in [1.29, 1.82) is 0 Å². The van der Waals surface area contributed by atoms with Gasteiger partial charge >= 0.3 is 0 Å². The van der Waals surface area contributed by atoms with Gasteiger partial charge in [-0.25, -0.2) is 0 Å². The van der Waals surface area contributed by atoms with Crippen molar-refractivity contribution in [2.45, 2.75) is 32.3 Å². The Morgan fingerprint density at radius 3 is 2.50 bits per heavy atom. The summed E-state index contributed by atoms with van der Waals surface area (Å²) in [5.74, 6) is 0. The highest BCUT2D eigenvalue weighted by Crippen LogP contribution is 2.37. The zero-order valence-electron chi connectivity index (χ0n) is 11.7. The first-order valence-corrected chi connectivity index (χ1v) is 6.55. The molecule has 0 aliphatic heterocycles. The highest BCUT2D eigenvalue weighted by molar-refractivity contribution is 6.33. The van der Waals surface area contributed by atoms with Gasteiger partial charge in [0, 0.05) is 12.6 Å². The number of rotatable bonds is 5. The molecule has 0 aromatic heterocycles. The van der Waals surface area contributed by atoms with E-state index >= 15 is 0 Å². The monoisotopic (exact) mass is 302 g/mol. The first-order valence-electron chi connectivity index (χ1n) is 6.18. The van der Waals surface area contributed by atoms with Crippen LogP contribution >= 0.6 is 11.6 Å². The lowest BCUT2D eigenvalue weighted by atomic mass is 9.86. The number of nitrogens with zero attached hydrogens (tertiary/aromatic N) is 1. The maximum absolute atomic E-state index is 11.2. The quantitative estimate of drug-likeness (QED) is 0.573. The smallest absolute Gasteiger partial charge is 0.294 e. The summed E-state index contributed by atoms with van der Waals surface area (Å²) in [7, 11) is 0. The lowest BCUT2D eigenvalue weighted by Gasteiger charge is -2.20. The average molecular weight is 303 g/mol. The normalized spacial score (nSPS) is 13.1. The van der Waals surface area contributed by atoms with Gasteiger partial charge in [-0.15, -0.1) is 0 Å². The van der Waals surface area contributed by atoms with Crippen molar-refractivity contribution < 1.29 is 15.1 Å². The largest absolute Gasteiger partial charge is 0.394 e. The Bertz CT molecular complexity index is 500. The van der Waals surface area contributed by atoms with E-state index in [9.17, 15) is 15.2 Å². The minimum atomic E-state index is -1.01. The zero-order chi connectivity index (χ0) is 15.5. The second-order valence-corrected chi connectivity index (χ2v) is 5.98. The fourth-order valence-electron chi connectivity index (χ4n) is 1.63. The molecule has 0 bridgehead atoms. The van der Waals surface area contributed by atoms with E-state index in [0.717, 1.165) is 5.56 Å². The molecular weight excluding hydrogens is 284 g/mol. The van der Waals surface area contributed by atoms with Gasteiger partial charge in [-0.3, -0.25) is 10.1 Å². The average Bonchev–Trinajstić information content (AvgIpc) is 2.34. The van der Waals surface area contributed by atoms with Crippen molar-refractivity contribution in [3.05, 3.63) is 32.8 Å². The van der Waals surface area contributed by atoms with Gasteiger partial charge in [-0.2, -0.15) is 0 Å². The number of nitro benzene ring substituents is 1. The Labute approximate surface area is 122 Å².